The van der Waals surface area contributed by atoms with Crippen LogP contribution < -0.4 is 10.6 Å². The summed E-state index contributed by atoms with van der Waals surface area (Å²) in [4.78, 5) is 27.1. The van der Waals surface area contributed by atoms with Crippen molar-refractivity contribution in [3.8, 4) is 0 Å². The molecule has 0 aliphatic heterocycles. The first kappa shape index (κ1) is 35.5. The van der Waals surface area contributed by atoms with Crippen molar-refractivity contribution in [2.24, 2.45) is 11.8 Å². The molecule has 0 saturated heterocycles. The van der Waals surface area contributed by atoms with Crippen molar-refractivity contribution in [2.75, 3.05) is 40.3 Å². The number of carbonyl (C=O) groups excluding carboxylic acids is 2. The van der Waals surface area contributed by atoms with Gasteiger partial charge in [-0.15, -0.1) is 0 Å². The molecule has 0 spiro atoms. The lowest BCUT2D eigenvalue weighted by atomic mass is 9.80. The van der Waals surface area contributed by atoms with Gasteiger partial charge in [0.05, 0.1) is 6.61 Å². The van der Waals surface area contributed by atoms with Gasteiger partial charge in [-0.2, -0.15) is 0 Å². The van der Waals surface area contributed by atoms with E-state index in [9.17, 15) is 9.59 Å². The van der Waals surface area contributed by atoms with Gasteiger partial charge in [-0.25, -0.2) is 4.79 Å². The van der Waals surface area contributed by atoms with Gasteiger partial charge in [-0.05, 0) is 53.2 Å². The van der Waals surface area contributed by atoms with Crippen LogP contribution in [0.2, 0.25) is 0 Å². The van der Waals surface area contributed by atoms with Crippen LogP contribution >= 0.6 is 0 Å². The van der Waals surface area contributed by atoms with E-state index in [1.807, 2.05) is 14.1 Å². The van der Waals surface area contributed by atoms with Crippen molar-refractivity contribution >= 4 is 12.0 Å². The van der Waals surface area contributed by atoms with Crippen LogP contribution in [0.15, 0.2) is 11.6 Å². The average molecular weight is 550 g/mol. The molecule has 1 aliphatic carbocycles. The van der Waals surface area contributed by atoms with Crippen LogP contribution in [-0.4, -0.2) is 57.2 Å². The zero-order valence-electron chi connectivity index (χ0n) is 26.2. The lowest BCUT2D eigenvalue weighted by Crippen LogP contribution is -2.39. The molecule has 2 unspecified atom stereocenters. The minimum absolute atomic E-state index is 0.0494. The van der Waals surface area contributed by atoms with Gasteiger partial charge in [0.1, 0.15) is 0 Å². The monoisotopic (exact) mass is 549 g/mol. The summed E-state index contributed by atoms with van der Waals surface area (Å²) < 4.78 is 5.48. The molecule has 1 rings (SSSR count). The Labute approximate surface area is 241 Å². The first-order valence-electron chi connectivity index (χ1n) is 16.4. The maximum absolute atomic E-state index is 12.9. The molecule has 39 heavy (non-hydrogen) atoms. The zero-order chi connectivity index (χ0) is 28.6. The van der Waals surface area contributed by atoms with E-state index in [1.165, 1.54) is 102 Å². The van der Waals surface area contributed by atoms with Gasteiger partial charge >= 0.3 is 6.09 Å². The lowest BCUT2D eigenvalue weighted by Gasteiger charge is -2.29. The number of ether oxygens (including phenoxy) is 1. The van der Waals surface area contributed by atoms with Crippen LogP contribution in [-0.2, 0) is 9.53 Å². The number of carbonyl (C=O) groups is 2. The molecule has 6 heteroatoms. The van der Waals surface area contributed by atoms with Crippen LogP contribution in [0.25, 0.3) is 0 Å². The van der Waals surface area contributed by atoms with Crippen molar-refractivity contribution in [3.63, 3.8) is 0 Å². The topological polar surface area (TPSA) is 70.7 Å². The number of rotatable bonds is 24. The Balaban J connectivity index is 2.05. The van der Waals surface area contributed by atoms with Gasteiger partial charge in [0.15, 0.2) is 0 Å². The van der Waals surface area contributed by atoms with E-state index in [0.29, 0.717) is 13.2 Å². The largest absolute Gasteiger partial charge is 0.449 e. The Morgan fingerprint density at radius 1 is 0.795 bits per heavy atom. The van der Waals surface area contributed by atoms with Crippen molar-refractivity contribution in [2.45, 2.75) is 136 Å². The number of allylic oxidation sites excluding steroid dienone is 2. The second-order valence-electron chi connectivity index (χ2n) is 12.1. The van der Waals surface area contributed by atoms with Crippen LogP contribution in [0.5, 0.6) is 0 Å². The van der Waals surface area contributed by atoms with Gasteiger partial charge < -0.3 is 20.3 Å². The summed E-state index contributed by atoms with van der Waals surface area (Å²) in [6.45, 7) is 6.94. The number of nitrogens with one attached hydrogen (secondary N) is 2. The summed E-state index contributed by atoms with van der Waals surface area (Å²) in [6, 6.07) is 0. The number of nitrogens with zero attached hydrogens (tertiary/aromatic N) is 1. The van der Waals surface area contributed by atoms with Gasteiger partial charge in [0, 0.05) is 24.9 Å². The summed E-state index contributed by atoms with van der Waals surface area (Å²) in [5.74, 6) is 0.0457. The molecule has 0 aromatic heterocycles. The average Bonchev–Trinajstić information content (AvgIpc) is 2.91. The summed E-state index contributed by atoms with van der Waals surface area (Å²) in [7, 11) is 4.03. The number of amides is 2. The predicted octanol–water partition coefficient (Wildman–Crippen LogP) is 8.01. The second kappa shape index (κ2) is 24.3. The predicted molar refractivity (Wildman–Crippen MR) is 165 cm³/mol. The maximum atomic E-state index is 12.9. The van der Waals surface area contributed by atoms with Crippen molar-refractivity contribution in [1.29, 1.82) is 0 Å². The Bertz CT molecular complexity index is 650. The Kier molecular flexibility index (Phi) is 22.1. The standard InChI is InChI=1S/C33H63N3O3/c1-5-6-7-8-9-10-11-12-13-14-15-16-17-18-19-20-24-34-32(37)31-23-22-29(2)27-30(31)28-39-33(38)35-25-21-26-36(3)4/h22,30-31H,5-21,23-28H2,1-4H3,(H,34,37)(H,35,38). The van der Waals surface area contributed by atoms with E-state index in [0.717, 1.165) is 38.8 Å². The summed E-state index contributed by atoms with van der Waals surface area (Å²) >= 11 is 0. The van der Waals surface area contributed by atoms with Crippen LogP contribution in [0.3, 0.4) is 0 Å². The SMILES string of the molecule is CCCCCCCCCCCCCCCCCCNC(=O)C1CC=C(C)CC1COC(=O)NCCCN(C)C. The van der Waals surface area contributed by atoms with Crippen molar-refractivity contribution in [3.05, 3.63) is 11.6 Å². The number of alkyl carbamates (subject to hydrolysis) is 1. The van der Waals surface area contributed by atoms with E-state index >= 15 is 0 Å². The molecule has 0 aromatic rings. The Morgan fingerprint density at radius 2 is 1.31 bits per heavy atom. The third-order valence-corrected chi connectivity index (χ3v) is 8.02. The Hall–Kier alpha value is -1.56. The normalized spacial score (nSPS) is 17.2. The summed E-state index contributed by atoms with van der Waals surface area (Å²) in [5.41, 5.74) is 1.27. The zero-order valence-corrected chi connectivity index (χ0v) is 26.2. The molecular formula is C33H63N3O3. The van der Waals surface area contributed by atoms with Gasteiger partial charge in [0.2, 0.25) is 5.91 Å². The highest BCUT2D eigenvalue weighted by Gasteiger charge is 2.31. The molecule has 1 aliphatic rings. The summed E-state index contributed by atoms with van der Waals surface area (Å²) in [5, 5.41) is 5.97. The third-order valence-electron chi connectivity index (χ3n) is 8.02. The van der Waals surface area contributed by atoms with Crippen LogP contribution in [0, 0.1) is 11.8 Å². The smallest absolute Gasteiger partial charge is 0.407 e. The van der Waals surface area contributed by atoms with Crippen molar-refractivity contribution < 1.29 is 14.3 Å². The number of hydrogen-bond acceptors (Lipinski definition) is 4. The molecule has 0 heterocycles. The van der Waals surface area contributed by atoms with E-state index in [-0.39, 0.29) is 23.8 Å². The molecule has 2 N–H and O–H groups in total. The summed E-state index contributed by atoms with van der Waals surface area (Å²) in [6.07, 6.45) is 25.9. The van der Waals surface area contributed by atoms with E-state index in [1.54, 1.807) is 0 Å². The molecule has 0 fully saturated rings. The van der Waals surface area contributed by atoms with E-state index < -0.39 is 0 Å². The maximum Gasteiger partial charge on any atom is 0.407 e. The number of unbranched alkanes of at least 4 members (excludes halogenated alkanes) is 15. The fourth-order valence-corrected chi connectivity index (χ4v) is 5.49. The first-order valence-corrected chi connectivity index (χ1v) is 16.4. The Morgan fingerprint density at radius 3 is 1.85 bits per heavy atom. The van der Waals surface area contributed by atoms with Gasteiger partial charge in [-0.1, -0.05) is 115 Å². The third kappa shape index (κ3) is 20.0. The highest BCUT2D eigenvalue weighted by atomic mass is 16.5. The van der Waals surface area contributed by atoms with Crippen molar-refractivity contribution in [1.82, 2.24) is 15.5 Å². The van der Waals surface area contributed by atoms with Crippen LogP contribution in [0.1, 0.15) is 136 Å². The minimum Gasteiger partial charge on any atom is -0.449 e. The molecule has 0 aromatic carbocycles. The fraction of sp³-hybridized carbons (Fsp3) is 0.879. The van der Waals surface area contributed by atoms with E-state index in [4.69, 9.17) is 4.74 Å². The quantitative estimate of drug-likeness (QED) is 0.0945. The molecule has 228 valence electrons. The second-order valence-corrected chi connectivity index (χ2v) is 12.1. The highest BCUT2D eigenvalue weighted by Crippen LogP contribution is 2.30. The van der Waals surface area contributed by atoms with E-state index in [2.05, 4.69) is 35.5 Å². The molecule has 2 atom stereocenters. The van der Waals surface area contributed by atoms with Gasteiger partial charge in [0.25, 0.3) is 0 Å². The molecule has 0 radical (unpaired) electrons. The fourth-order valence-electron chi connectivity index (χ4n) is 5.49. The molecule has 0 saturated carbocycles. The first-order chi connectivity index (χ1) is 18.9. The number of hydrogen-bond donors (Lipinski definition) is 2. The van der Waals surface area contributed by atoms with Crippen LogP contribution in [0.4, 0.5) is 4.79 Å². The molecule has 6 nitrogen and oxygen atoms in total. The lowest BCUT2D eigenvalue weighted by molar-refractivity contribution is -0.127. The molecular weight excluding hydrogens is 486 g/mol. The highest BCUT2D eigenvalue weighted by molar-refractivity contribution is 5.79. The molecule has 2 amide bonds. The minimum atomic E-state index is -0.381. The molecule has 0 bridgehead atoms. The van der Waals surface area contributed by atoms with Gasteiger partial charge in [-0.3, -0.25) is 4.79 Å².